The summed E-state index contributed by atoms with van der Waals surface area (Å²) in [4.78, 5) is 20.0. The molecule has 1 aliphatic rings. The third kappa shape index (κ3) is 4.36. The minimum Gasteiger partial charge on any atom is -0.494 e. The van der Waals surface area contributed by atoms with Crippen molar-refractivity contribution < 1.29 is 9.53 Å². The number of aromatic nitrogens is 2. The van der Waals surface area contributed by atoms with Gasteiger partial charge in [0.25, 0.3) is 0 Å². The van der Waals surface area contributed by atoms with E-state index in [4.69, 9.17) is 9.72 Å². The maximum atomic E-state index is 13.0. The number of para-hydroxylation sites is 3. The number of anilines is 1. The molecule has 0 N–H and O–H groups in total. The average Bonchev–Trinajstić information content (AvgIpc) is 3.39. The van der Waals surface area contributed by atoms with Crippen LogP contribution >= 0.6 is 0 Å². The van der Waals surface area contributed by atoms with Crippen LogP contribution in [0.2, 0.25) is 0 Å². The van der Waals surface area contributed by atoms with Gasteiger partial charge in [0, 0.05) is 31.1 Å². The topological polar surface area (TPSA) is 47.4 Å². The van der Waals surface area contributed by atoms with Gasteiger partial charge in [0.15, 0.2) is 0 Å². The first kappa shape index (κ1) is 21.3. The van der Waals surface area contributed by atoms with Gasteiger partial charge in [0.1, 0.15) is 11.6 Å². The highest BCUT2D eigenvalue weighted by molar-refractivity contribution is 5.97. The van der Waals surface area contributed by atoms with E-state index in [1.807, 2.05) is 47.4 Å². The van der Waals surface area contributed by atoms with Crippen LogP contribution in [0.3, 0.4) is 0 Å². The van der Waals surface area contributed by atoms with Gasteiger partial charge in [-0.2, -0.15) is 0 Å². The minimum absolute atomic E-state index is 0.0693. The predicted octanol–water partition coefficient (Wildman–Crippen LogP) is 5.64. The molecule has 0 spiro atoms. The summed E-state index contributed by atoms with van der Waals surface area (Å²) in [6, 6.07) is 24.4. The Balaban J connectivity index is 1.37. The molecule has 0 bridgehead atoms. The van der Waals surface area contributed by atoms with Crippen molar-refractivity contribution in [1.82, 2.24) is 9.55 Å². The normalized spacial score (nSPS) is 16.0. The molecule has 0 aliphatic carbocycles. The number of carbonyl (C=O) groups excluding carboxylic acids is 1. The minimum atomic E-state index is 0.0693. The summed E-state index contributed by atoms with van der Waals surface area (Å²) in [7, 11) is 0. The largest absolute Gasteiger partial charge is 0.494 e. The lowest BCUT2D eigenvalue weighted by molar-refractivity contribution is -0.117. The zero-order valence-corrected chi connectivity index (χ0v) is 19.2. The zero-order chi connectivity index (χ0) is 22.8. The Labute approximate surface area is 194 Å². The molecule has 0 saturated carbocycles. The summed E-state index contributed by atoms with van der Waals surface area (Å²) in [5.74, 6) is 2.12. The fraction of sp³-hybridized carbons (Fsp3) is 0.286. The van der Waals surface area contributed by atoms with E-state index in [1.165, 1.54) is 0 Å². The number of nitrogens with zero attached hydrogens (tertiary/aromatic N) is 3. The van der Waals surface area contributed by atoms with Crippen LogP contribution < -0.4 is 9.64 Å². The Morgan fingerprint density at radius 3 is 2.64 bits per heavy atom. The smallest absolute Gasteiger partial charge is 0.227 e. The zero-order valence-electron chi connectivity index (χ0n) is 19.2. The first-order valence-electron chi connectivity index (χ1n) is 11.6. The molecule has 168 valence electrons. The van der Waals surface area contributed by atoms with E-state index in [2.05, 4.69) is 48.7 Å². The maximum Gasteiger partial charge on any atom is 0.227 e. The number of aryl methyl sites for hydroxylation is 3. The molecule has 0 radical (unpaired) electrons. The summed E-state index contributed by atoms with van der Waals surface area (Å²) in [5, 5.41) is 0. The molecule has 1 unspecified atom stereocenters. The van der Waals surface area contributed by atoms with Gasteiger partial charge >= 0.3 is 0 Å². The fourth-order valence-electron chi connectivity index (χ4n) is 4.69. The first-order valence-corrected chi connectivity index (χ1v) is 11.6. The van der Waals surface area contributed by atoms with Crippen LogP contribution in [-0.2, 0) is 11.3 Å². The molecule has 1 atom stereocenters. The van der Waals surface area contributed by atoms with Crippen molar-refractivity contribution in [2.24, 2.45) is 0 Å². The molecule has 3 aromatic carbocycles. The van der Waals surface area contributed by atoms with E-state index in [9.17, 15) is 4.79 Å². The van der Waals surface area contributed by atoms with E-state index in [1.54, 1.807) is 0 Å². The Morgan fingerprint density at radius 2 is 1.79 bits per heavy atom. The molecule has 33 heavy (non-hydrogen) atoms. The van der Waals surface area contributed by atoms with Gasteiger partial charge in [-0.1, -0.05) is 42.5 Å². The van der Waals surface area contributed by atoms with Crippen molar-refractivity contribution in [2.75, 3.05) is 18.1 Å². The van der Waals surface area contributed by atoms with Crippen LogP contribution in [0.4, 0.5) is 5.69 Å². The Bertz CT molecular complexity index is 1280. The van der Waals surface area contributed by atoms with Crippen LogP contribution in [0.5, 0.6) is 5.75 Å². The van der Waals surface area contributed by atoms with Crippen molar-refractivity contribution in [3.8, 4) is 5.75 Å². The molecule has 1 fully saturated rings. The van der Waals surface area contributed by atoms with Crippen LogP contribution in [0.25, 0.3) is 11.0 Å². The predicted molar refractivity (Wildman–Crippen MR) is 132 cm³/mol. The van der Waals surface area contributed by atoms with Gasteiger partial charge in [-0.3, -0.25) is 4.79 Å². The summed E-state index contributed by atoms with van der Waals surface area (Å²) < 4.78 is 8.19. The number of fused-ring (bicyclic) bond motifs is 1. The molecular formula is C28H29N3O2. The van der Waals surface area contributed by atoms with E-state index in [0.717, 1.165) is 52.4 Å². The van der Waals surface area contributed by atoms with E-state index in [-0.39, 0.29) is 11.8 Å². The molecule has 5 nitrogen and oxygen atoms in total. The van der Waals surface area contributed by atoms with Crippen LogP contribution in [0.15, 0.2) is 72.8 Å². The summed E-state index contributed by atoms with van der Waals surface area (Å²) >= 11 is 0. The molecule has 5 rings (SSSR count). The highest BCUT2D eigenvalue weighted by Crippen LogP contribution is 2.35. The number of hydrogen-bond donors (Lipinski definition) is 0. The van der Waals surface area contributed by atoms with Gasteiger partial charge in [-0.15, -0.1) is 0 Å². The van der Waals surface area contributed by atoms with Crippen molar-refractivity contribution in [2.45, 2.75) is 39.2 Å². The van der Waals surface area contributed by atoms with E-state index < -0.39 is 0 Å². The van der Waals surface area contributed by atoms with Crippen molar-refractivity contribution in [1.29, 1.82) is 0 Å². The summed E-state index contributed by atoms with van der Waals surface area (Å²) in [5.41, 5.74) is 5.40. The first-order chi connectivity index (χ1) is 16.1. The van der Waals surface area contributed by atoms with Gasteiger partial charge < -0.3 is 14.2 Å². The van der Waals surface area contributed by atoms with Crippen molar-refractivity contribution >= 4 is 22.6 Å². The number of carbonyl (C=O) groups is 1. The van der Waals surface area contributed by atoms with E-state index in [0.29, 0.717) is 19.6 Å². The number of hydrogen-bond acceptors (Lipinski definition) is 3. The SMILES string of the molecule is Cc1ccc(C)c(N2CC(c3nc4ccccc4n3CCCOc3ccccc3)CC2=O)c1. The molecule has 1 aromatic heterocycles. The van der Waals surface area contributed by atoms with Crippen molar-refractivity contribution in [3.05, 3.63) is 89.7 Å². The number of imidazole rings is 1. The van der Waals surface area contributed by atoms with Crippen LogP contribution in [-0.4, -0.2) is 28.6 Å². The third-order valence-electron chi connectivity index (χ3n) is 6.37. The number of benzene rings is 3. The second kappa shape index (κ2) is 9.10. The molecule has 4 aromatic rings. The molecule has 1 saturated heterocycles. The highest BCUT2D eigenvalue weighted by atomic mass is 16.5. The lowest BCUT2D eigenvalue weighted by Gasteiger charge is -2.20. The summed E-state index contributed by atoms with van der Waals surface area (Å²) in [6.45, 7) is 6.23. The Morgan fingerprint density at radius 1 is 1.00 bits per heavy atom. The Hall–Kier alpha value is -3.60. The van der Waals surface area contributed by atoms with Crippen LogP contribution in [0.1, 0.15) is 35.7 Å². The second-order valence-electron chi connectivity index (χ2n) is 8.82. The highest BCUT2D eigenvalue weighted by Gasteiger charge is 2.35. The molecule has 1 aliphatic heterocycles. The van der Waals surface area contributed by atoms with Gasteiger partial charge in [0.05, 0.1) is 17.6 Å². The lowest BCUT2D eigenvalue weighted by Crippen LogP contribution is -2.25. The maximum absolute atomic E-state index is 13.0. The molecule has 2 heterocycles. The summed E-state index contributed by atoms with van der Waals surface area (Å²) in [6.07, 6.45) is 1.35. The van der Waals surface area contributed by atoms with Crippen LogP contribution in [0, 0.1) is 13.8 Å². The van der Waals surface area contributed by atoms with Crippen molar-refractivity contribution in [3.63, 3.8) is 0 Å². The lowest BCUT2D eigenvalue weighted by atomic mass is 10.1. The molecule has 1 amide bonds. The monoisotopic (exact) mass is 439 g/mol. The molecular weight excluding hydrogens is 410 g/mol. The van der Waals surface area contributed by atoms with Gasteiger partial charge in [-0.05, 0) is 61.7 Å². The average molecular weight is 440 g/mol. The fourth-order valence-corrected chi connectivity index (χ4v) is 4.69. The quantitative estimate of drug-likeness (QED) is 0.350. The number of amides is 1. The number of rotatable bonds is 7. The number of ether oxygens (including phenoxy) is 1. The standard InChI is InChI=1S/C28H29N3O2/c1-20-13-14-21(2)26(17-20)31-19-22(18-27(31)32)28-29-24-11-6-7-12-25(24)30(28)15-8-16-33-23-9-4-3-5-10-23/h3-7,9-14,17,22H,8,15-16,18-19H2,1-2H3. The van der Waals surface area contributed by atoms with Gasteiger partial charge in [0.2, 0.25) is 5.91 Å². The van der Waals surface area contributed by atoms with E-state index >= 15 is 0 Å². The third-order valence-corrected chi connectivity index (χ3v) is 6.37. The Kier molecular flexibility index (Phi) is 5.86. The molecule has 5 heteroatoms. The van der Waals surface area contributed by atoms with Gasteiger partial charge in [-0.25, -0.2) is 4.98 Å². The second-order valence-corrected chi connectivity index (χ2v) is 8.82.